The molecule has 0 radical (unpaired) electrons. The molecule has 0 rings (SSSR count). The van der Waals surface area contributed by atoms with Crippen LogP contribution in [0.2, 0.25) is 4.05 Å². The van der Waals surface area contributed by atoms with Gasteiger partial charge in [0.1, 0.15) is 0 Å². The van der Waals surface area contributed by atoms with Gasteiger partial charge >= 0.3 is 64.9 Å². The number of halogens is 2. The summed E-state index contributed by atoms with van der Waals surface area (Å²) in [6, 6.07) is 0. The number of hydrogen-bond donors (Lipinski definition) is 0. The first kappa shape index (κ1) is 22.5. The number of hydrogen-bond acceptors (Lipinski definition) is 0. The molecule has 0 aromatic rings. The molecule has 4 heteroatoms. The quantitative estimate of drug-likeness (QED) is 0.334. The van der Waals surface area contributed by atoms with E-state index in [0.717, 1.165) is 4.05 Å². The predicted octanol–water partition coefficient (Wildman–Crippen LogP) is -7.61. The van der Waals surface area contributed by atoms with Crippen LogP contribution in [0.5, 0.6) is 0 Å². The van der Waals surface area contributed by atoms with Gasteiger partial charge in [0.15, 0.2) is 0 Å². The minimum absolute atomic E-state index is 0. The van der Waals surface area contributed by atoms with Crippen molar-refractivity contribution >= 4 is 21.7 Å². The van der Waals surface area contributed by atoms with Crippen LogP contribution in [-0.2, 0) is 0 Å². The van der Waals surface area contributed by atoms with Gasteiger partial charge in [-0.3, -0.25) is 0 Å². The molecule has 0 fully saturated rings. The third-order valence-corrected chi connectivity index (χ3v) is 1.27. The molecule has 1 atom stereocenters. The van der Waals surface area contributed by atoms with Crippen molar-refractivity contribution in [2.24, 2.45) is 0 Å². The molecule has 0 N–H and O–H groups in total. The standard InChI is InChI=1S/C4H9.2ClH.Li.Mg/c1-3-4-2;;;;/h3H,4H2,1-2H3;2*1H;;/q;;;2*+1/p-2. The molecule has 0 heterocycles. The van der Waals surface area contributed by atoms with Crippen LogP contribution in [0.4, 0.5) is 0 Å². The Labute approximate surface area is 89.0 Å². The zero-order valence-corrected chi connectivity index (χ0v) is 8.67. The summed E-state index contributed by atoms with van der Waals surface area (Å²) in [4.78, 5) is 0. The Hall–Kier alpha value is 1.94. The van der Waals surface area contributed by atoms with Gasteiger partial charge in [-0.05, 0) is 0 Å². The van der Waals surface area contributed by atoms with Gasteiger partial charge in [-0.1, -0.05) is 0 Å². The average Bonchev–Trinajstić information content (AvgIpc) is 1.38. The van der Waals surface area contributed by atoms with E-state index >= 15 is 0 Å². The molecule has 0 aromatic heterocycles. The van der Waals surface area contributed by atoms with Gasteiger partial charge in [0.2, 0.25) is 0 Å². The summed E-state index contributed by atoms with van der Waals surface area (Å²) in [6.45, 7) is 4.44. The van der Waals surface area contributed by atoms with E-state index in [0.29, 0.717) is 0 Å². The van der Waals surface area contributed by atoms with E-state index in [1.807, 2.05) is 0 Å². The smallest absolute Gasteiger partial charge is 1.00 e. The van der Waals surface area contributed by atoms with Gasteiger partial charge in [-0.15, -0.1) is 0 Å². The van der Waals surface area contributed by atoms with Crippen LogP contribution < -0.4 is 43.7 Å². The Morgan fingerprint density at radius 2 is 1.50 bits per heavy atom. The van der Waals surface area contributed by atoms with Crippen molar-refractivity contribution in [2.75, 3.05) is 0 Å². The van der Waals surface area contributed by atoms with E-state index in [9.17, 15) is 0 Å². The van der Waals surface area contributed by atoms with E-state index in [1.54, 1.807) is 0 Å². The SMILES string of the molecule is CC[CH](C)[Mg+].[Cl-].[Cl-].[Li+]. The van der Waals surface area contributed by atoms with E-state index < -0.39 is 0 Å². The Morgan fingerprint density at radius 3 is 1.50 bits per heavy atom. The van der Waals surface area contributed by atoms with Crippen LogP contribution in [0.3, 0.4) is 0 Å². The Bertz CT molecular complexity index is 28.0. The van der Waals surface area contributed by atoms with Gasteiger partial charge in [-0.25, -0.2) is 0 Å². The van der Waals surface area contributed by atoms with Crippen LogP contribution >= 0.6 is 0 Å². The molecule has 0 amide bonds. The molecular weight excluding hydrogens is 150 g/mol. The summed E-state index contributed by atoms with van der Waals surface area (Å²) < 4.78 is 0.912. The van der Waals surface area contributed by atoms with Crippen molar-refractivity contribution in [1.29, 1.82) is 0 Å². The average molecular weight is 159 g/mol. The molecule has 0 aromatic carbocycles. The monoisotopic (exact) mass is 158 g/mol. The zero-order valence-electron chi connectivity index (χ0n) is 5.75. The maximum Gasteiger partial charge on any atom is 1.00 e. The predicted molar refractivity (Wildman–Crippen MR) is 25.5 cm³/mol. The van der Waals surface area contributed by atoms with Crippen LogP contribution in [0, 0.1) is 0 Å². The summed E-state index contributed by atoms with van der Waals surface area (Å²) in [7, 11) is 0. The van der Waals surface area contributed by atoms with E-state index in [-0.39, 0.29) is 43.7 Å². The fraction of sp³-hybridized carbons (Fsp3) is 1.00. The minimum atomic E-state index is 0. The van der Waals surface area contributed by atoms with Gasteiger partial charge in [0.25, 0.3) is 0 Å². The van der Waals surface area contributed by atoms with Crippen molar-refractivity contribution in [2.45, 2.75) is 24.3 Å². The van der Waals surface area contributed by atoms with E-state index in [1.165, 1.54) is 6.42 Å². The van der Waals surface area contributed by atoms with Gasteiger partial charge < -0.3 is 24.8 Å². The maximum atomic E-state index is 2.23. The van der Waals surface area contributed by atoms with E-state index in [4.69, 9.17) is 0 Å². The van der Waals surface area contributed by atoms with Crippen molar-refractivity contribution in [3.63, 3.8) is 0 Å². The summed E-state index contributed by atoms with van der Waals surface area (Å²) >= 11 is 2.05. The largest absolute Gasteiger partial charge is 1.00 e. The molecule has 0 spiro atoms. The third-order valence-electron chi connectivity index (χ3n) is 0.697. The van der Waals surface area contributed by atoms with Crippen molar-refractivity contribution in [3.05, 3.63) is 0 Å². The molecule has 1 unspecified atom stereocenters. The molecule has 0 bridgehead atoms. The molecule has 8 heavy (non-hydrogen) atoms. The molecule has 0 aliphatic heterocycles. The first-order valence-electron chi connectivity index (χ1n) is 2.10. The number of rotatable bonds is 1. The topological polar surface area (TPSA) is 0 Å². The van der Waals surface area contributed by atoms with Crippen molar-refractivity contribution < 1.29 is 43.7 Å². The van der Waals surface area contributed by atoms with Gasteiger partial charge in [0, 0.05) is 0 Å². The summed E-state index contributed by atoms with van der Waals surface area (Å²) in [6.07, 6.45) is 1.32. The zero-order chi connectivity index (χ0) is 4.28. The fourth-order valence-electron chi connectivity index (χ4n) is 0. The maximum absolute atomic E-state index is 2.23. The van der Waals surface area contributed by atoms with Crippen LogP contribution in [0.1, 0.15) is 20.3 Å². The van der Waals surface area contributed by atoms with Gasteiger partial charge in [0.05, 0.1) is 0 Å². The summed E-state index contributed by atoms with van der Waals surface area (Å²) in [5.41, 5.74) is 0. The molecular formula is C4H9Cl2LiMg. The Morgan fingerprint density at radius 1 is 1.38 bits per heavy atom. The summed E-state index contributed by atoms with van der Waals surface area (Å²) in [5, 5.41) is 0. The van der Waals surface area contributed by atoms with Crippen LogP contribution in [0.15, 0.2) is 0 Å². The Balaban J connectivity index is -0.0000000267. The minimum Gasteiger partial charge on any atom is -1.00 e. The van der Waals surface area contributed by atoms with E-state index in [2.05, 4.69) is 35.6 Å². The first-order chi connectivity index (χ1) is 2.27. The first-order valence-corrected chi connectivity index (χ1v) is 2.92. The van der Waals surface area contributed by atoms with Crippen molar-refractivity contribution in [1.82, 2.24) is 0 Å². The normalized spacial score (nSPS) is 9.50. The van der Waals surface area contributed by atoms with Crippen LogP contribution in [0.25, 0.3) is 0 Å². The molecule has 42 valence electrons. The second kappa shape index (κ2) is 16.0. The van der Waals surface area contributed by atoms with Crippen LogP contribution in [-0.4, -0.2) is 21.7 Å². The molecule has 0 saturated heterocycles. The molecule has 0 saturated carbocycles. The fourth-order valence-corrected chi connectivity index (χ4v) is 0. The second-order valence-electron chi connectivity index (χ2n) is 1.51. The summed E-state index contributed by atoms with van der Waals surface area (Å²) in [5.74, 6) is 0. The molecule has 0 aliphatic rings. The third kappa shape index (κ3) is 24.6. The molecule has 0 aliphatic carbocycles. The second-order valence-corrected chi connectivity index (χ2v) is 2.91. The van der Waals surface area contributed by atoms with Crippen molar-refractivity contribution in [3.8, 4) is 0 Å². The molecule has 0 nitrogen and oxygen atoms in total. The Kier molecular flexibility index (Phi) is 45.0. The van der Waals surface area contributed by atoms with Gasteiger partial charge in [-0.2, -0.15) is 0 Å².